The van der Waals surface area contributed by atoms with E-state index in [-0.39, 0.29) is 17.9 Å². The Kier molecular flexibility index (Phi) is 3.23. The number of benzene rings is 1. The first-order valence-corrected chi connectivity index (χ1v) is 7.05. The van der Waals surface area contributed by atoms with Crippen molar-refractivity contribution in [1.29, 1.82) is 0 Å². The topological polar surface area (TPSA) is 72.0 Å². The van der Waals surface area contributed by atoms with Crippen molar-refractivity contribution in [1.82, 2.24) is 9.97 Å². The van der Waals surface area contributed by atoms with E-state index < -0.39 is 0 Å². The number of carbonyl (C=O) groups is 1. The molecule has 0 amide bonds. The van der Waals surface area contributed by atoms with E-state index in [1.807, 2.05) is 18.2 Å². The van der Waals surface area contributed by atoms with Gasteiger partial charge in [-0.3, -0.25) is 9.59 Å². The van der Waals surface area contributed by atoms with Crippen LogP contribution in [0.1, 0.15) is 12.5 Å². The van der Waals surface area contributed by atoms with Gasteiger partial charge < -0.3 is 9.72 Å². The Balaban J connectivity index is 2.08. The van der Waals surface area contributed by atoms with Crippen LogP contribution in [0.3, 0.4) is 0 Å². The van der Waals surface area contributed by atoms with E-state index in [9.17, 15) is 9.59 Å². The molecule has 0 aliphatic rings. The van der Waals surface area contributed by atoms with Crippen LogP contribution in [0.25, 0.3) is 20.3 Å². The molecule has 0 saturated heterocycles. The fourth-order valence-corrected chi connectivity index (χ4v) is 3.26. The number of carbonyl (C=O) groups excluding carboxylic acids is 1. The minimum absolute atomic E-state index is 0.139. The highest BCUT2D eigenvalue weighted by Gasteiger charge is 2.11. The quantitative estimate of drug-likeness (QED) is 0.750. The van der Waals surface area contributed by atoms with Gasteiger partial charge in [-0.25, -0.2) is 4.98 Å². The maximum absolute atomic E-state index is 11.8. The number of aromatic nitrogens is 2. The highest BCUT2D eigenvalue weighted by atomic mass is 32.1. The van der Waals surface area contributed by atoms with E-state index in [4.69, 9.17) is 4.74 Å². The summed E-state index contributed by atoms with van der Waals surface area (Å²) in [6.07, 6.45) is 1.64. The highest BCUT2D eigenvalue weighted by molar-refractivity contribution is 7.25. The Morgan fingerprint density at radius 3 is 3.10 bits per heavy atom. The molecular weight excluding hydrogens is 276 g/mol. The van der Waals surface area contributed by atoms with Crippen LogP contribution in [-0.4, -0.2) is 22.5 Å². The first kappa shape index (κ1) is 12.8. The van der Waals surface area contributed by atoms with Gasteiger partial charge in [-0.2, -0.15) is 0 Å². The zero-order valence-electron chi connectivity index (χ0n) is 10.8. The van der Waals surface area contributed by atoms with E-state index in [1.165, 1.54) is 17.7 Å². The van der Waals surface area contributed by atoms with Crippen LogP contribution in [0.5, 0.6) is 0 Å². The molecule has 102 valence electrons. The highest BCUT2D eigenvalue weighted by Crippen LogP contribution is 2.30. The van der Waals surface area contributed by atoms with Crippen molar-refractivity contribution in [2.24, 2.45) is 0 Å². The summed E-state index contributed by atoms with van der Waals surface area (Å²) >= 11 is 1.45. The summed E-state index contributed by atoms with van der Waals surface area (Å²) in [5, 5.41) is 1.47. The molecule has 0 spiro atoms. The molecular formula is C14H12N2O3S. The molecule has 3 rings (SSSR count). The second kappa shape index (κ2) is 5.05. The third kappa shape index (κ3) is 2.18. The monoisotopic (exact) mass is 288 g/mol. The summed E-state index contributed by atoms with van der Waals surface area (Å²) in [5.74, 6) is -0.246. The second-order valence-electron chi connectivity index (χ2n) is 4.33. The molecule has 0 saturated carbocycles. The number of esters is 1. The number of thiophene rings is 1. The molecule has 0 aliphatic carbocycles. The molecule has 5 nitrogen and oxygen atoms in total. The molecule has 0 aliphatic heterocycles. The van der Waals surface area contributed by atoms with E-state index in [1.54, 1.807) is 6.92 Å². The molecule has 20 heavy (non-hydrogen) atoms. The van der Waals surface area contributed by atoms with E-state index in [0.29, 0.717) is 16.8 Å². The van der Waals surface area contributed by atoms with Crippen molar-refractivity contribution < 1.29 is 9.53 Å². The number of hydrogen-bond acceptors (Lipinski definition) is 5. The molecule has 2 aromatic heterocycles. The van der Waals surface area contributed by atoms with Gasteiger partial charge in [0.1, 0.15) is 4.83 Å². The normalized spacial score (nSPS) is 11.1. The minimum Gasteiger partial charge on any atom is -0.466 e. The predicted octanol–water partition coefficient (Wildman–Crippen LogP) is 2.24. The molecule has 0 atom stereocenters. The van der Waals surface area contributed by atoms with E-state index in [0.717, 1.165) is 15.6 Å². The second-order valence-corrected chi connectivity index (χ2v) is 5.36. The predicted molar refractivity (Wildman–Crippen MR) is 78.1 cm³/mol. The van der Waals surface area contributed by atoms with Gasteiger partial charge in [0.15, 0.2) is 0 Å². The van der Waals surface area contributed by atoms with Gasteiger partial charge >= 0.3 is 5.97 Å². The van der Waals surface area contributed by atoms with Crippen LogP contribution in [0.2, 0.25) is 0 Å². The van der Waals surface area contributed by atoms with Crippen LogP contribution < -0.4 is 5.56 Å². The molecule has 0 unspecified atom stereocenters. The third-order valence-corrected chi connectivity index (χ3v) is 4.05. The SMILES string of the molecule is CCOC(=O)Cc1ccc2c(c1)sc1nc[nH]c(=O)c12. The Hall–Kier alpha value is -2.21. The first-order chi connectivity index (χ1) is 9.69. The molecule has 0 radical (unpaired) electrons. The average molecular weight is 288 g/mol. The molecule has 3 aromatic rings. The summed E-state index contributed by atoms with van der Waals surface area (Å²) in [7, 11) is 0. The Morgan fingerprint density at radius 1 is 1.45 bits per heavy atom. The Labute approximate surface area is 118 Å². The van der Waals surface area contributed by atoms with Crippen LogP contribution in [0.4, 0.5) is 0 Å². The number of ether oxygens (including phenoxy) is 1. The number of H-pyrrole nitrogens is 1. The Morgan fingerprint density at radius 2 is 2.30 bits per heavy atom. The maximum atomic E-state index is 11.8. The largest absolute Gasteiger partial charge is 0.466 e. The lowest BCUT2D eigenvalue weighted by atomic mass is 10.1. The van der Waals surface area contributed by atoms with Gasteiger partial charge in [-0.05, 0) is 18.6 Å². The van der Waals surface area contributed by atoms with Gasteiger partial charge in [0.05, 0.1) is 24.7 Å². The van der Waals surface area contributed by atoms with Gasteiger partial charge in [0.2, 0.25) is 0 Å². The smallest absolute Gasteiger partial charge is 0.310 e. The summed E-state index contributed by atoms with van der Waals surface area (Å²) < 4.78 is 5.88. The summed E-state index contributed by atoms with van der Waals surface area (Å²) in [4.78, 5) is 30.8. The standard InChI is InChI=1S/C14H12N2O3S/c1-2-19-11(17)6-8-3-4-9-10(5-8)20-14-12(9)13(18)15-7-16-14/h3-5,7H,2,6H2,1H3,(H,15,16,18). The molecule has 0 bridgehead atoms. The van der Waals surface area contributed by atoms with Crippen LogP contribution in [-0.2, 0) is 16.0 Å². The van der Waals surface area contributed by atoms with Gasteiger partial charge in [0.25, 0.3) is 5.56 Å². The van der Waals surface area contributed by atoms with Gasteiger partial charge in [-0.15, -0.1) is 11.3 Å². The molecule has 0 fully saturated rings. The number of nitrogens with one attached hydrogen (secondary N) is 1. The maximum Gasteiger partial charge on any atom is 0.310 e. The van der Waals surface area contributed by atoms with Crippen molar-refractivity contribution in [3.05, 3.63) is 40.4 Å². The van der Waals surface area contributed by atoms with Crippen LogP contribution in [0.15, 0.2) is 29.3 Å². The lowest BCUT2D eigenvalue weighted by molar-refractivity contribution is -0.142. The average Bonchev–Trinajstić information content (AvgIpc) is 2.77. The van der Waals surface area contributed by atoms with Crippen LogP contribution >= 0.6 is 11.3 Å². The summed E-state index contributed by atoms with van der Waals surface area (Å²) in [5.41, 5.74) is 0.735. The summed E-state index contributed by atoms with van der Waals surface area (Å²) in [6.45, 7) is 2.16. The lowest BCUT2D eigenvalue weighted by Gasteiger charge is -2.01. The van der Waals surface area contributed by atoms with Crippen molar-refractivity contribution in [2.45, 2.75) is 13.3 Å². The molecule has 1 aromatic carbocycles. The van der Waals surface area contributed by atoms with E-state index in [2.05, 4.69) is 9.97 Å². The number of nitrogens with zero attached hydrogens (tertiary/aromatic N) is 1. The zero-order chi connectivity index (χ0) is 14.1. The van der Waals surface area contributed by atoms with Gasteiger partial charge in [0, 0.05) is 10.1 Å². The fourth-order valence-electron chi connectivity index (χ4n) is 2.15. The van der Waals surface area contributed by atoms with E-state index >= 15 is 0 Å². The van der Waals surface area contributed by atoms with Gasteiger partial charge in [-0.1, -0.05) is 12.1 Å². The number of fused-ring (bicyclic) bond motifs is 3. The fraction of sp³-hybridized carbons (Fsp3) is 0.214. The minimum atomic E-state index is -0.246. The first-order valence-electron chi connectivity index (χ1n) is 6.23. The lowest BCUT2D eigenvalue weighted by Crippen LogP contribution is -2.07. The molecule has 6 heteroatoms. The zero-order valence-corrected chi connectivity index (χ0v) is 11.6. The number of aromatic amines is 1. The van der Waals surface area contributed by atoms with Crippen molar-refractivity contribution in [3.63, 3.8) is 0 Å². The van der Waals surface area contributed by atoms with Crippen LogP contribution in [0, 0.1) is 0 Å². The molecule has 1 N–H and O–H groups in total. The van der Waals surface area contributed by atoms with Crippen molar-refractivity contribution in [3.8, 4) is 0 Å². The number of hydrogen-bond donors (Lipinski definition) is 1. The Bertz CT molecular complexity index is 850. The number of rotatable bonds is 3. The molecule has 2 heterocycles. The summed E-state index contributed by atoms with van der Waals surface area (Å²) in [6, 6.07) is 5.62. The van der Waals surface area contributed by atoms with Crippen molar-refractivity contribution in [2.75, 3.05) is 6.61 Å². The van der Waals surface area contributed by atoms with Crippen molar-refractivity contribution >= 4 is 37.6 Å². The third-order valence-electron chi connectivity index (χ3n) is 2.99.